The van der Waals surface area contributed by atoms with Crippen molar-refractivity contribution in [1.29, 1.82) is 0 Å². The minimum Gasteiger partial charge on any atom is -0.380 e. The molecule has 2 saturated carbocycles. The third kappa shape index (κ3) is 5.76. The molecule has 49 heavy (non-hydrogen) atoms. The zero-order chi connectivity index (χ0) is 34.4. The van der Waals surface area contributed by atoms with E-state index in [4.69, 9.17) is 20.4 Å². The van der Waals surface area contributed by atoms with Gasteiger partial charge in [-0.15, -0.1) is 0 Å². The van der Waals surface area contributed by atoms with Gasteiger partial charge < -0.3 is 29.8 Å². The van der Waals surface area contributed by atoms with E-state index in [1.807, 2.05) is 0 Å². The van der Waals surface area contributed by atoms with Gasteiger partial charge >= 0.3 is 0 Å². The van der Waals surface area contributed by atoms with Crippen molar-refractivity contribution >= 4 is 33.9 Å². The van der Waals surface area contributed by atoms with Crippen LogP contribution in [0.3, 0.4) is 0 Å². The van der Waals surface area contributed by atoms with Crippen molar-refractivity contribution in [3.8, 4) is 11.5 Å². The van der Waals surface area contributed by atoms with Crippen LogP contribution in [0.15, 0.2) is 30.3 Å². The molecule has 0 spiro atoms. The number of alkyl halides is 3. The van der Waals surface area contributed by atoms with E-state index in [-0.39, 0.29) is 83.4 Å². The third-order valence-electron chi connectivity index (χ3n) is 10.7. The Morgan fingerprint density at radius 2 is 1.94 bits per heavy atom. The summed E-state index contributed by atoms with van der Waals surface area (Å²) in [7, 11) is 1.57. The highest BCUT2D eigenvalue weighted by Gasteiger charge is 2.45. The Bertz CT molecular complexity index is 1980. The number of rotatable bonds is 4. The van der Waals surface area contributed by atoms with Gasteiger partial charge in [-0.2, -0.15) is 0 Å². The largest absolute Gasteiger partial charge is 0.380 e. The number of hydrogen-bond acceptors (Lipinski definition) is 6. The van der Waals surface area contributed by atoms with Crippen LogP contribution in [0.1, 0.15) is 73.6 Å². The number of piperidine rings is 1. The third-order valence-corrected chi connectivity index (χ3v) is 10.7. The highest BCUT2D eigenvalue weighted by molar-refractivity contribution is 5.98. The maximum Gasteiger partial charge on any atom is 0.265 e. The molecule has 3 aromatic heterocycles. The zero-order valence-electron chi connectivity index (χ0n) is 27.3. The van der Waals surface area contributed by atoms with E-state index >= 15 is 13.2 Å². The number of nitrogens with two attached hydrogens (primary N) is 1. The number of methoxy groups -OCH3 is 1. The molecule has 1 saturated heterocycles. The molecule has 5 heterocycles. The van der Waals surface area contributed by atoms with Crippen molar-refractivity contribution in [1.82, 2.24) is 29.3 Å². The number of amides is 2. The Kier molecular flexibility index (Phi) is 7.74. The van der Waals surface area contributed by atoms with Crippen LogP contribution in [-0.2, 0) is 16.1 Å². The molecule has 0 radical (unpaired) electrons. The SMILES string of the molecule is CO[C@@H]1CCN(C(=O)c2cc(F)c3c(c2)nc(-c2cc4ccc5nc4n2CC(F)(F)CCC[C@@H]2C[C@H]2C(=O)N[C@@H]5C)n3[C@@H]2C[C@@H]2F)C[C@@H]1N. The predicted octanol–water partition coefficient (Wildman–Crippen LogP) is 5.30. The number of hydrogen-bond donors (Lipinski definition) is 2. The van der Waals surface area contributed by atoms with Crippen LogP contribution < -0.4 is 11.1 Å². The van der Waals surface area contributed by atoms with Crippen LogP contribution in [0, 0.1) is 17.7 Å². The second-order valence-electron chi connectivity index (χ2n) is 14.3. The number of likely N-dealkylation sites (tertiary alicyclic amines) is 1. The molecule has 2 aliphatic heterocycles. The number of carbonyl (C=O) groups excluding carboxylic acids is 2. The van der Waals surface area contributed by atoms with E-state index in [0.29, 0.717) is 36.9 Å². The molecule has 3 N–H and O–H groups in total. The van der Waals surface area contributed by atoms with Gasteiger partial charge in [0.15, 0.2) is 5.82 Å². The summed E-state index contributed by atoms with van der Waals surface area (Å²) < 4.78 is 70.7. The lowest BCUT2D eigenvalue weighted by atomic mass is 10.0. The van der Waals surface area contributed by atoms with Gasteiger partial charge in [0.2, 0.25) is 5.91 Å². The van der Waals surface area contributed by atoms with Gasteiger partial charge in [0.05, 0.1) is 41.6 Å². The molecule has 8 rings (SSSR count). The van der Waals surface area contributed by atoms with E-state index in [1.54, 1.807) is 37.1 Å². The fourth-order valence-corrected chi connectivity index (χ4v) is 7.79. The quantitative estimate of drug-likeness (QED) is 0.283. The number of benzene rings is 1. The number of pyridine rings is 1. The molecule has 10 nitrogen and oxygen atoms in total. The van der Waals surface area contributed by atoms with Gasteiger partial charge in [0, 0.05) is 56.0 Å². The van der Waals surface area contributed by atoms with E-state index in [1.165, 1.54) is 15.2 Å². The normalized spacial score (nSPS) is 29.9. The second-order valence-corrected chi connectivity index (χ2v) is 14.3. The Morgan fingerprint density at radius 1 is 1.14 bits per heavy atom. The predicted molar refractivity (Wildman–Crippen MR) is 173 cm³/mol. The summed E-state index contributed by atoms with van der Waals surface area (Å²) in [6.45, 7) is 1.70. The number of imidazole rings is 1. The maximum absolute atomic E-state index is 16.1. The number of nitrogens with one attached hydrogen (secondary N) is 1. The van der Waals surface area contributed by atoms with E-state index in [0.717, 1.165) is 6.07 Å². The van der Waals surface area contributed by atoms with Gasteiger partial charge in [-0.05, 0) is 68.9 Å². The first-order valence-electron chi connectivity index (χ1n) is 17.0. The summed E-state index contributed by atoms with van der Waals surface area (Å²) in [5.74, 6) is -4.38. The van der Waals surface area contributed by atoms with Gasteiger partial charge in [-0.3, -0.25) is 9.59 Å². The highest BCUT2D eigenvalue weighted by Crippen LogP contribution is 2.47. The minimum absolute atomic E-state index is 0.00108. The van der Waals surface area contributed by atoms with Crippen molar-refractivity contribution < 1.29 is 31.9 Å². The van der Waals surface area contributed by atoms with Gasteiger partial charge in [-0.1, -0.05) is 0 Å². The monoisotopic (exact) mass is 681 g/mol. The smallest absolute Gasteiger partial charge is 0.265 e. The summed E-state index contributed by atoms with van der Waals surface area (Å²) in [6.07, 6.45) is 0.276. The van der Waals surface area contributed by atoms with Crippen LogP contribution in [0.4, 0.5) is 17.6 Å². The Hall–Kier alpha value is -4.04. The second kappa shape index (κ2) is 11.8. The topological polar surface area (TPSA) is 120 Å². The molecule has 7 atom stereocenters. The number of carbonyl (C=O) groups is 2. The first kappa shape index (κ1) is 32.2. The number of ether oxygens (including phenoxy) is 1. The van der Waals surface area contributed by atoms with Crippen LogP contribution >= 0.6 is 0 Å². The number of aromatic nitrogens is 4. The van der Waals surface area contributed by atoms with Gasteiger partial charge in [0.25, 0.3) is 11.8 Å². The van der Waals surface area contributed by atoms with Crippen molar-refractivity contribution in [2.24, 2.45) is 17.6 Å². The molecule has 2 aliphatic carbocycles. The van der Waals surface area contributed by atoms with Crippen LogP contribution in [-0.4, -0.2) is 80.3 Å². The molecule has 1 aromatic carbocycles. The molecule has 4 aromatic rings. The molecule has 2 bridgehead atoms. The Labute approximate surface area is 280 Å². The maximum atomic E-state index is 16.1. The molecule has 4 aliphatic rings. The molecule has 0 unspecified atom stereocenters. The molecule has 2 amide bonds. The fraction of sp³-hybridized carbons (Fsp3) is 0.543. The van der Waals surface area contributed by atoms with E-state index < -0.39 is 48.5 Å². The average Bonchev–Trinajstić information content (AvgIpc) is 3.93. The molecular weight excluding hydrogens is 642 g/mol. The number of halogens is 4. The lowest BCUT2D eigenvalue weighted by Gasteiger charge is -2.35. The highest BCUT2D eigenvalue weighted by atomic mass is 19.3. The van der Waals surface area contributed by atoms with Crippen molar-refractivity contribution in [3.63, 3.8) is 0 Å². The van der Waals surface area contributed by atoms with Crippen molar-refractivity contribution in [2.45, 2.75) is 88.3 Å². The van der Waals surface area contributed by atoms with Crippen molar-refractivity contribution in [3.05, 3.63) is 47.4 Å². The summed E-state index contributed by atoms with van der Waals surface area (Å²) in [6, 6.07) is 6.14. The number of nitrogens with zero attached hydrogens (tertiary/aromatic N) is 5. The number of fused-ring (bicyclic) bond motifs is 3. The van der Waals surface area contributed by atoms with Crippen LogP contribution in [0.5, 0.6) is 0 Å². The molecular formula is C35H39F4N7O3. The van der Waals surface area contributed by atoms with Crippen LogP contribution in [0.2, 0.25) is 0 Å². The zero-order valence-corrected chi connectivity index (χ0v) is 27.3. The fourth-order valence-electron chi connectivity index (χ4n) is 7.79. The van der Waals surface area contributed by atoms with Gasteiger partial charge in [-0.25, -0.2) is 27.5 Å². The average molecular weight is 682 g/mol. The summed E-state index contributed by atoms with van der Waals surface area (Å²) >= 11 is 0. The minimum atomic E-state index is -3.14. The standard InChI is InChI=1S/C35H39F4N7O3/c1-17-25-6-5-19-13-28(45(31(19)42-25)16-35(38,39)8-3-4-18-10-21(18)33(47)41-17)32-43-26-12-20(11-23(37)30(26)46(32)27-14-22(27)36)34(48)44-9-7-29(49-2)24(40)15-44/h5-6,11-13,17-18,21-22,24,27,29H,3-4,7-10,14-16,40H2,1-2H3,(H,41,47)/t17-,18-,21-,22+,24+,27-,29-/m1/s1. The first-order valence-corrected chi connectivity index (χ1v) is 17.0. The Balaban J connectivity index is 1.24. The van der Waals surface area contributed by atoms with Gasteiger partial charge in [0.1, 0.15) is 23.2 Å². The Morgan fingerprint density at radius 3 is 2.67 bits per heavy atom. The van der Waals surface area contributed by atoms with E-state index in [9.17, 15) is 14.0 Å². The van der Waals surface area contributed by atoms with Crippen LogP contribution in [0.25, 0.3) is 33.6 Å². The lowest BCUT2D eigenvalue weighted by Crippen LogP contribution is -2.53. The molecule has 3 fully saturated rings. The summed E-state index contributed by atoms with van der Waals surface area (Å²) in [4.78, 5) is 37.4. The summed E-state index contributed by atoms with van der Waals surface area (Å²) in [5, 5.41) is 3.57. The molecule has 14 heteroatoms. The first-order chi connectivity index (χ1) is 23.4. The van der Waals surface area contributed by atoms with Crippen molar-refractivity contribution in [2.75, 3.05) is 20.2 Å². The summed E-state index contributed by atoms with van der Waals surface area (Å²) in [5.41, 5.74) is 7.38. The lowest BCUT2D eigenvalue weighted by molar-refractivity contribution is -0.123. The van der Waals surface area contributed by atoms with E-state index in [2.05, 4.69) is 5.32 Å². The molecule has 260 valence electrons.